The van der Waals surface area contributed by atoms with Crippen LogP contribution in [-0.2, 0) is 11.2 Å². The summed E-state index contributed by atoms with van der Waals surface area (Å²) in [5.74, 6) is -0.418. The minimum atomic E-state index is -0.730. The molecule has 0 radical (unpaired) electrons. The molecule has 0 saturated heterocycles. The third-order valence-corrected chi connectivity index (χ3v) is 9.60. The maximum Gasteiger partial charge on any atom is 0.293 e. The number of furan rings is 1. The van der Waals surface area contributed by atoms with Gasteiger partial charge in [0.1, 0.15) is 0 Å². The van der Waals surface area contributed by atoms with E-state index in [1.54, 1.807) is 12.1 Å². The van der Waals surface area contributed by atoms with Gasteiger partial charge >= 0.3 is 0 Å². The second kappa shape index (κ2) is 10.8. The Morgan fingerprint density at radius 2 is 2.05 bits per heavy atom. The Bertz CT molecular complexity index is 1100. The van der Waals surface area contributed by atoms with Crippen LogP contribution in [0, 0.1) is 22.7 Å². The Hall–Kier alpha value is -2.27. The van der Waals surface area contributed by atoms with Gasteiger partial charge in [-0.1, -0.05) is 27.7 Å². The maximum atomic E-state index is 13.3. The quantitative estimate of drug-likeness (QED) is 0.332. The number of carbonyl (C=O) groups excluding carboxylic acids is 2. The first-order valence-corrected chi connectivity index (χ1v) is 13.9. The molecule has 2 heterocycles. The molecule has 37 heavy (non-hydrogen) atoms. The number of aliphatic hydroxyl groups is 3. The Labute approximate surface area is 221 Å². The van der Waals surface area contributed by atoms with Crippen LogP contribution in [0.3, 0.4) is 0 Å². The smallest absolute Gasteiger partial charge is 0.293 e. The molecule has 10 heteroatoms. The summed E-state index contributed by atoms with van der Waals surface area (Å²) < 4.78 is 5.20. The Balaban J connectivity index is 1.67. The van der Waals surface area contributed by atoms with E-state index in [0.29, 0.717) is 36.7 Å². The first kappa shape index (κ1) is 27.8. The van der Waals surface area contributed by atoms with Crippen molar-refractivity contribution in [3.63, 3.8) is 0 Å². The summed E-state index contributed by atoms with van der Waals surface area (Å²) in [6, 6.07) is 2.89. The van der Waals surface area contributed by atoms with Crippen LogP contribution >= 0.6 is 11.3 Å². The van der Waals surface area contributed by atoms with Gasteiger partial charge in [-0.05, 0) is 55.1 Å². The summed E-state index contributed by atoms with van der Waals surface area (Å²) in [6.45, 7) is 7.86. The Morgan fingerprint density at radius 1 is 1.30 bits per heavy atom. The first-order chi connectivity index (χ1) is 17.5. The number of anilines is 1. The number of hydrogen-bond acceptors (Lipinski definition) is 8. The molecule has 2 amide bonds. The summed E-state index contributed by atoms with van der Waals surface area (Å²) in [5.41, 5.74) is -0.342. The van der Waals surface area contributed by atoms with E-state index in [-0.39, 0.29) is 49.2 Å². The molecular formula is C27H39N3O6S. The molecule has 2 aliphatic rings. The van der Waals surface area contributed by atoms with Crippen molar-refractivity contribution in [2.45, 2.75) is 77.9 Å². The highest BCUT2D eigenvalue weighted by atomic mass is 32.1. The molecule has 0 aromatic carbocycles. The average molecular weight is 534 g/mol. The molecule has 2 aliphatic carbocycles. The van der Waals surface area contributed by atoms with E-state index in [2.05, 4.69) is 17.6 Å². The molecule has 1 fully saturated rings. The van der Waals surface area contributed by atoms with E-state index >= 15 is 0 Å². The standard InChI is InChI=1S/C27H39N3O6S/c1-15(2)10-16(13-31)28-22(34)11-17-23-19(37-25(29-23)30-24(35)18-6-5-9-36-18)12-20-26(17,3)8-7-21(33)27(20,4)14-32/h5-6,9,15-17,20-21,31-33H,7-8,10-14H2,1-4H3,(H,28,34)(H,29,30,35)/t16-,17-,20+,21-,26+,27+/m1/s1. The van der Waals surface area contributed by atoms with Crippen molar-refractivity contribution in [2.75, 3.05) is 18.5 Å². The number of aliphatic hydroxyl groups excluding tert-OH is 3. The average Bonchev–Trinajstić information content (AvgIpc) is 3.52. The lowest BCUT2D eigenvalue weighted by molar-refractivity contribution is -0.144. The zero-order valence-electron chi connectivity index (χ0n) is 22.0. The van der Waals surface area contributed by atoms with Crippen LogP contribution < -0.4 is 10.6 Å². The highest BCUT2D eigenvalue weighted by Crippen LogP contribution is 2.62. The van der Waals surface area contributed by atoms with Crippen molar-refractivity contribution in [3.8, 4) is 0 Å². The van der Waals surface area contributed by atoms with Crippen molar-refractivity contribution < 1.29 is 29.3 Å². The normalized spacial score (nSPS) is 29.9. The number of fused-ring (bicyclic) bond motifs is 2. The number of hydrogen-bond donors (Lipinski definition) is 5. The van der Waals surface area contributed by atoms with Gasteiger partial charge in [0.25, 0.3) is 5.91 Å². The summed E-state index contributed by atoms with van der Waals surface area (Å²) >= 11 is 1.37. The number of rotatable bonds is 9. The molecule has 9 nitrogen and oxygen atoms in total. The number of carbonyl (C=O) groups is 2. The number of nitrogens with zero attached hydrogens (tertiary/aromatic N) is 1. The van der Waals surface area contributed by atoms with Crippen molar-refractivity contribution >= 4 is 28.3 Å². The van der Waals surface area contributed by atoms with E-state index in [9.17, 15) is 24.9 Å². The number of thiazole rings is 1. The first-order valence-electron chi connectivity index (χ1n) is 13.0. The van der Waals surface area contributed by atoms with Crippen molar-refractivity contribution in [1.29, 1.82) is 0 Å². The van der Waals surface area contributed by atoms with E-state index in [1.807, 2.05) is 20.8 Å². The van der Waals surface area contributed by atoms with Gasteiger partial charge in [0.05, 0.1) is 37.3 Å². The number of nitrogens with one attached hydrogen (secondary N) is 2. The van der Waals surface area contributed by atoms with E-state index in [1.165, 1.54) is 17.6 Å². The Kier molecular flexibility index (Phi) is 8.13. The van der Waals surface area contributed by atoms with Gasteiger partial charge in [-0.15, -0.1) is 11.3 Å². The van der Waals surface area contributed by atoms with Crippen LogP contribution in [0.5, 0.6) is 0 Å². The molecular weight excluding hydrogens is 494 g/mol. The highest BCUT2D eigenvalue weighted by Gasteiger charge is 2.59. The van der Waals surface area contributed by atoms with Crippen molar-refractivity contribution in [1.82, 2.24) is 10.3 Å². The van der Waals surface area contributed by atoms with Crippen molar-refractivity contribution in [2.24, 2.45) is 22.7 Å². The number of aromatic nitrogens is 1. The lowest BCUT2D eigenvalue weighted by atomic mass is 9.47. The SMILES string of the molecule is CC(C)C[C@H](CO)NC(=O)C[C@@H]1c2nc(NC(=O)c3ccco3)sc2C[C@@H]2[C@](C)(CO)[C@H](O)CC[C@]21C. The third kappa shape index (κ3) is 5.34. The predicted octanol–water partition coefficient (Wildman–Crippen LogP) is 3.32. The molecule has 0 spiro atoms. The van der Waals surface area contributed by atoms with Gasteiger partial charge in [-0.2, -0.15) is 0 Å². The second-order valence-corrected chi connectivity index (χ2v) is 12.7. The molecule has 5 N–H and O–H groups in total. The van der Waals surface area contributed by atoms with Gasteiger partial charge in [-0.3, -0.25) is 14.9 Å². The fourth-order valence-corrected chi connectivity index (χ4v) is 7.55. The lowest BCUT2D eigenvalue weighted by Crippen LogP contribution is -2.58. The topological polar surface area (TPSA) is 145 Å². The molecule has 0 aliphatic heterocycles. The van der Waals surface area contributed by atoms with E-state index in [0.717, 1.165) is 10.6 Å². The van der Waals surface area contributed by atoms with E-state index in [4.69, 9.17) is 9.40 Å². The summed E-state index contributed by atoms with van der Waals surface area (Å²) in [7, 11) is 0. The largest absolute Gasteiger partial charge is 0.459 e. The molecule has 2 aromatic rings. The molecule has 4 rings (SSSR count). The fourth-order valence-electron chi connectivity index (χ4n) is 6.49. The minimum Gasteiger partial charge on any atom is -0.459 e. The van der Waals surface area contributed by atoms with Crippen molar-refractivity contribution in [3.05, 3.63) is 34.7 Å². The molecule has 6 atom stereocenters. The highest BCUT2D eigenvalue weighted by molar-refractivity contribution is 7.15. The monoisotopic (exact) mass is 533 g/mol. The van der Waals surface area contributed by atoms with Crippen LogP contribution in [-0.4, -0.2) is 57.5 Å². The van der Waals surface area contributed by atoms with Gasteiger partial charge in [0.2, 0.25) is 5.91 Å². The summed E-state index contributed by atoms with van der Waals surface area (Å²) in [5, 5.41) is 37.4. The van der Waals surface area contributed by atoms with Crippen LogP contribution in [0.1, 0.15) is 80.4 Å². The predicted molar refractivity (Wildman–Crippen MR) is 140 cm³/mol. The van der Waals surface area contributed by atoms with Crippen LogP contribution in [0.4, 0.5) is 5.13 Å². The zero-order chi connectivity index (χ0) is 27.0. The third-order valence-electron chi connectivity index (χ3n) is 8.59. The molecule has 0 unspecified atom stereocenters. The lowest BCUT2D eigenvalue weighted by Gasteiger charge is -2.58. The maximum absolute atomic E-state index is 13.3. The number of amides is 2. The van der Waals surface area contributed by atoms with Crippen LogP contribution in [0.2, 0.25) is 0 Å². The zero-order valence-corrected chi connectivity index (χ0v) is 22.8. The molecule has 0 bridgehead atoms. The van der Waals surface area contributed by atoms with Crippen LogP contribution in [0.25, 0.3) is 0 Å². The fraction of sp³-hybridized carbons (Fsp3) is 0.667. The summed E-state index contributed by atoms with van der Waals surface area (Å²) in [4.78, 5) is 31.7. The van der Waals surface area contributed by atoms with Crippen LogP contribution in [0.15, 0.2) is 22.8 Å². The minimum absolute atomic E-state index is 0.0857. The van der Waals surface area contributed by atoms with Gasteiger partial charge < -0.3 is 25.1 Å². The van der Waals surface area contributed by atoms with Gasteiger partial charge in [0, 0.05) is 22.6 Å². The summed E-state index contributed by atoms with van der Waals surface area (Å²) in [6.07, 6.45) is 3.43. The van der Waals surface area contributed by atoms with E-state index < -0.39 is 22.8 Å². The van der Waals surface area contributed by atoms with Gasteiger partial charge in [0.15, 0.2) is 10.9 Å². The Morgan fingerprint density at radius 3 is 2.68 bits per heavy atom. The molecule has 2 aromatic heterocycles. The second-order valence-electron chi connectivity index (χ2n) is 11.6. The molecule has 1 saturated carbocycles. The molecule has 204 valence electrons. The van der Waals surface area contributed by atoms with Gasteiger partial charge in [-0.25, -0.2) is 4.98 Å².